The fourth-order valence-corrected chi connectivity index (χ4v) is 2.06. The zero-order chi connectivity index (χ0) is 9.42. The molecule has 1 aromatic carbocycles. The molecule has 1 aliphatic rings. The zero-order valence-corrected chi connectivity index (χ0v) is 8.40. The van der Waals surface area contributed by atoms with Crippen molar-refractivity contribution in [1.29, 1.82) is 0 Å². The first-order valence-electron chi connectivity index (χ1n) is 4.16. The molecule has 0 amide bonds. The molecular weight excluding hydrogens is 207 g/mol. The molecule has 1 aromatic rings. The minimum atomic E-state index is 0.0183. The van der Waals surface area contributed by atoms with E-state index in [9.17, 15) is 4.79 Å². The standard InChI is InChI=1S/C10H8Cl2O/c11-6-1-2-7(9(12)5-6)8-3-4-10(8)13/h1-2,5,8H,3-4H2. The van der Waals surface area contributed by atoms with E-state index in [2.05, 4.69) is 0 Å². The number of rotatable bonds is 1. The molecule has 0 N–H and O–H groups in total. The molecule has 1 fully saturated rings. The van der Waals surface area contributed by atoms with Gasteiger partial charge in [0, 0.05) is 22.4 Å². The maximum atomic E-state index is 11.2. The Bertz CT molecular complexity index is 360. The monoisotopic (exact) mass is 214 g/mol. The Kier molecular flexibility index (Phi) is 2.31. The van der Waals surface area contributed by atoms with Gasteiger partial charge in [-0.15, -0.1) is 0 Å². The fraction of sp³-hybridized carbons (Fsp3) is 0.300. The Hall–Kier alpha value is -0.530. The molecule has 13 heavy (non-hydrogen) atoms. The molecule has 2 rings (SSSR count). The number of carbonyl (C=O) groups is 1. The lowest BCUT2D eigenvalue weighted by Crippen LogP contribution is -2.23. The van der Waals surface area contributed by atoms with Gasteiger partial charge in [-0.25, -0.2) is 0 Å². The van der Waals surface area contributed by atoms with Crippen molar-refractivity contribution in [3.63, 3.8) is 0 Å². The van der Waals surface area contributed by atoms with Gasteiger partial charge < -0.3 is 0 Å². The summed E-state index contributed by atoms with van der Waals surface area (Å²) in [4.78, 5) is 11.2. The van der Waals surface area contributed by atoms with Crippen LogP contribution in [-0.4, -0.2) is 5.78 Å². The number of halogens is 2. The lowest BCUT2D eigenvalue weighted by atomic mass is 9.79. The maximum absolute atomic E-state index is 11.2. The molecule has 0 aromatic heterocycles. The van der Waals surface area contributed by atoms with Crippen molar-refractivity contribution in [3.05, 3.63) is 33.8 Å². The molecule has 68 valence electrons. The van der Waals surface area contributed by atoms with Gasteiger partial charge in [0.15, 0.2) is 0 Å². The molecule has 0 saturated heterocycles. The first kappa shape index (κ1) is 9.04. The summed E-state index contributed by atoms with van der Waals surface area (Å²) in [5.74, 6) is 0.300. The molecule has 1 saturated carbocycles. The smallest absolute Gasteiger partial charge is 0.140 e. The number of benzene rings is 1. The first-order chi connectivity index (χ1) is 6.18. The maximum Gasteiger partial charge on any atom is 0.140 e. The molecule has 1 atom stereocenters. The normalized spacial score (nSPS) is 21.4. The Labute approximate surface area is 86.7 Å². The van der Waals surface area contributed by atoms with E-state index in [-0.39, 0.29) is 11.7 Å². The van der Waals surface area contributed by atoms with Gasteiger partial charge in [0.05, 0.1) is 0 Å². The molecule has 0 heterocycles. The lowest BCUT2D eigenvalue weighted by Gasteiger charge is -2.25. The average Bonchev–Trinajstić information content (AvgIpc) is 2.07. The zero-order valence-electron chi connectivity index (χ0n) is 6.89. The molecule has 0 spiro atoms. The van der Waals surface area contributed by atoms with Crippen molar-refractivity contribution < 1.29 is 4.79 Å². The summed E-state index contributed by atoms with van der Waals surface area (Å²) >= 11 is 11.7. The Balaban J connectivity index is 2.35. The molecule has 1 aliphatic carbocycles. The molecule has 0 radical (unpaired) electrons. The summed E-state index contributed by atoms with van der Waals surface area (Å²) in [5.41, 5.74) is 0.919. The third-order valence-electron chi connectivity index (χ3n) is 2.41. The molecule has 0 bridgehead atoms. The van der Waals surface area contributed by atoms with Crippen LogP contribution >= 0.6 is 23.2 Å². The van der Waals surface area contributed by atoms with Crippen molar-refractivity contribution in [3.8, 4) is 0 Å². The van der Waals surface area contributed by atoms with E-state index in [1.807, 2.05) is 6.07 Å². The highest BCUT2D eigenvalue weighted by atomic mass is 35.5. The van der Waals surface area contributed by atoms with Gasteiger partial charge in [0.2, 0.25) is 0 Å². The van der Waals surface area contributed by atoms with Crippen LogP contribution in [0.4, 0.5) is 0 Å². The van der Waals surface area contributed by atoms with Crippen molar-refractivity contribution >= 4 is 29.0 Å². The van der Waals surface area contributed by atoms with E-state index < -0.39 is 0 Å². The fourth-order valence-electron chi connectivity index (χ4n) is 1.52. The quantitative estimate of drug-likeness (QED) is 0.701. The summed E-state index contributed by atoms with van der Waals surface area (Å²) < 4.78 is 0. The number of Topliss-reactive ketones (excluding diaryl/α,β-unsaturated/α-hetero) is 1. The predicted octanol–water partition coefficient (Wildman–Crippen LogP) is 3.44. The van der Waals surface area contributed by atoms with Crippen LogP contribution in [0.25, 0.3) is 0 Å². The number of hydrogen-bond donors (Lipinski definition) is 0. The summed E-state index contributed by atoms with van der Waals surface area (Å²) in [6, 6.07) is 5.30. The predicted molar refractivity (Wildman–Crippen MR) is 53.4 cm³/mol. The van der Waals surface area contributed by atoms with Crippen molar-refractivity contribution in [2.45, 2.75) is 18.8 Å². The average molecular weight is 215 g/mol. The van der Waals surface area contributed by atoms with Gasteiger partial charge >= 0.3 is 0 Å². The van der Waals surface area contributed by atoms with Crippen LogP contribution in [0.15, 0.2) is 18.2 Å². The van der Waals surface area contributed by atoms with Crippen molar-refractivity contribution in [2.75, 3.05) is 0 Å². The Morgan fingerprint density at radius 3 is 2.54 bits per heavy atom. The molecule has 1 nitrogen and oxygen atoms in total. The van der Waals surface area contributed by atoms with Crippen LogP contribution in [0.2, 0.25) is 10.0 Å². The summed E-state index contributed by atoms with van der Waals surface area (Å²) in [6.45, 7) is 0. The molecule has 1 unspecified atom stereocenters. The first-order valence-corrected chi connectivity index (χ1v) is 4.92. The van der Waals surface area contributed by atoms with Crippen molar-refractivity contribution in [1.82, 2.24) is 0 Å². The number of ketones is 1. The number of hydrogen-bond acceptors (Lipinski definition) is 1. The topological polar surface area (TPSA) is 17.1 Å². The van der Waals surface area contributed by atoms with E-state index in [0.29, 0.717) is 16.5 Å². The van der Waals surface area contributed by atoms with Crippen molar-refractivity contribution in [2.24, 2.45) is 0 Å². The van der Waals surface area contributed by atoms with E-state index in [1.54, 1.807) is 12.1 Å². The van der Waals surface area contributed by atoms with Crippen LogP contribution in [0.5, 0.6) is 0 Å². The second-order valence-electron chi connectivity index (χ2n) is 3.22. The summed E-state index contributed by atoms with van der Waals surface area (Å²) in [6.07, 6.45) is 1.60. The second kappa shape index (κ2) is 3.32. The Morgan fingerprint density at radius 2 is 2.08 bits per heavy atom. The minimum Gasteiger partial charge on any atom is -0.299 e. The van der Waals surface area contributed by atoms with E-state index in [1.165, 1.54) is 0 Å². The lowest BCUT2D eigenvalue weighted by molar-refractivity contribution is -0.125. The minimum absolute atomic E-state index is 0.0183. The van der Waals surface area contributed by atoms with Gasteiger partial charge in [-0.3, -0.25) is 4.79 Å². The summed E-state index contributed by atoms with van der Waals surface area (Å²) in [7, 11) is 0. The van der Waals surface area contributed by atoms with Gasteiger partial charge in [0.25, 0.3) is 0 Å². The largest absolute Gasteiger partial charge is 0.299 e. The third kappa shape index (κ3) is 1.59. The number of carbonyl (C=O) groups excluding carboxylic acids is 1. The second-order valence-corrected chi connectivity index (χ2v) is 4.07. The van der Waals surface area contributed by atoms with E-state index in [0.717, 1.165) is 12.0 Å². The van der Waals surface area contributed by atoms with E-state index in [4.69, 9.17) is 23.2 Å². The third-order valence-corrected chi connectivity index (χ3v) is 2.97. The highest BCUT2D eigenvalue weighted by Gasteiger charge is 2.30. The van der Waals surface area contributed by atoms with Crippen LogP contribution < -0.4 is 0 Å². The molecular formula is C10H8Cl2O. The summed E-state index contributed by atoms with van der Waals surface area (Å²) in [5, 5.41) is 1.21. The van der Waals surface area contributed by atoms with Crippen LogP contribution in [0.3, 0.4) is 0 Å². The molecule has 3 heteroatoms. The highest BCUT2D eigenvalue weighted by molar-refractivity contribution is 6.35. The van der Waals surface area contributed by atoms with Gasteiger partial charge in [0.1, 0.15) is 5.78 Å². The van der Waals surface area contributed by atoms with Gasteiger partial charge in [-0.05, 0) is 24.1 Å². The SMILES string of the molecule is O=C1CCC1c1ccc(Cl)cc1Cl. The van der Waals surface area contributed by atoms with Crippen LogP contribution in [0.1, 0.15) is 24.3 Å². The highest BCUT2D eigenvalue weighted by Crippen LogP contribution is 2.37. The van der Waals surface area contributed by atoms with Crippen LogP contribution in [-0.2, 0) is 4.79 Å². The Morgan fingerprint density at radius 1 is 1.31 bits per heavy atom. The van der Waals surface area contributed by atoms with Gasteiger partial charge in [-0.1, -0.05) is 29.3 Å². The van der Waals surface area contributed by atoms with E-state index >= 15 is 0 Å². The molecule has 0 aliphatic heterocycles. The van der Waals surface area contributed by atoms with Crippen LogP contribution in [0, 0.1) is 0 Å². The van der Waals surface area contributed by atoms with Gasteiger partial charge in [-0.2, -0.15) is 0 Å².